The number of amides is 2. The second-order valence-electron chi connectivity index (χ2n) is 4.02. The summed E-state index contributed by atoms with van der Waals surface area (Å²) in [5.74, 6) is -0.310. The van der Waals surface area contributed by atoms with E-state index in [4.69, 9.17) is 4.74 Å². The maximum Gasteiger partial charge on any atom is 0.258 e. The molecule has 0 saturated carbocycles. The Balaban J connectivity index is 1.74. The largest absolute Gasteiger partial charge is 0.484 e. The molecule has 0 bridgehead atoms. The lowest BCUT2D eigenvalue weighted by Gasteiger charge is -2.11. The number of rotatable bonds is 4. The van der Waals surface area contributed by atoms with Gasteiger partial charge in [-0.15, -0.1) is 0 Å². The summed E-state index contributed by atoms with van der Waals surface area (Å²) in [6.07, 6.45) is 0.294. The molecule has 96 valence electrons. The molecule has 1 aliphatic rings. The second kappa shape index (κ2) is 5.48. The Labute approximate surface area is 103 Å². The van der Waals surface area contributed by atoms with Gasteiger partial charge in [-0.05, 0) is 24.3 Å². The third kappa shape index (κ3) is 3.44. The van der Waals surface area contributed by atoms with Crippen molar-refractivity contribution in [3.05, 3.63) is 30.1 Å². The number of nitrogens with one attached hydrogen (secondary N) is 2. The van der Waals surface area contributed by atoms with E-state index < -0.39 is 0 Å². The van der Waals surface area contributed by atoms with Gasteiger partial charge in [0.1, 0.15) is 11.6 Å². The number of hydrogen-bond acceptors (Lipinski definition) is 3. The van der Waals surface area contributed by atoms with Gasteiger partial charge >= 0.3 is 0 Å². The van der Waals surface area contributed by atoms with Crippen molar-refractivity contribution in [1.82, 2.24) is 10.6 Å². The molecule has 0 spiro atoms. The molecule has 6 heteroatoms. The fourth-order valence-corrected chi connectivity index (χ4v) is 1.66. The van der Waals surface area contributed by atoms with Gasteiger partial charge in [0.2, 0.25) is 5.91 Å². The van der Waals surface area contributed by atoms with Crippen molar-refractivity contribution in [2.24, 2.45) is 0 Å². The van der Waals surface area contributed by atoms with E-state index in [-0.39, 0.29) is 30.3 Å². The molecule has 2 N–H and O–H groups in total. The van der Waals surface area contributed by atoms with Gasteiger partial charge in [-0.3, -0.25) is 9.59 Å². The molecule has 0 aromatic heterocycles. The van der Waals surface area contributed by atoms with Crippen LogP contribution in [0, 0.1) is 5.82 Å². The van der Waals surface area contributed by atoms with E-state index in [1.165, 1.54) is 24.3 Å². The highest BCUT2D eigenvalue weighted by Gasteiger charge is 2.22. The molecule has 1 saturated heterocycles. The van der Waals surface area contributed by atoms with Crippen LogP contribution in [-0.2, 0) is 9.59 Å². The van der Waals surface area contributed by atoms with Crippen LogP contribution in [-0.4, -0.2) is 31.0 Å². The van der Waals surface area contributed by atoms with Crippen LogP contribution in [0.5, 0.6) is 5.75 Å². The van der Waals surface area contributed by atoms with Crippen LogP contribution in [0.15, 0.2) is 24.3 Å². The zero-order chi connectivity index (χ0) is 13.0. The smallest absolute Gasteiger partial charge is 0.258 e. The number of carbonyl (C=O) groups excluding carboxylic acids is 2. The molecule has 1 atom stereocenters. The molecule has 1 aromatic carbocycles. The van der Waals surface area contributed by atoms with Crippen molar-refractivity contribution >= 4 is 11.8 Å². The average molecular weight is 252 g/mol. The lowest BCUT2D eigenvalue weighted by molar-refractivity contribution is -0.123. The molecule has 1 fully saturated rings. The summed E-state index contributed by atoms with van der Waals surface area (Å²) in [6.45, 7) is 0.289. The van der Waals surface area contributed by atoms with Crippen molar-refractivity contribution < 1.29 is 18.7 Å². The number of halogens is 1. The molecule has 1 aliphatic heterocycles. The zero-order valence-electron chi connectivity index (χ0n) is 9.61. The first kappa shape index (κ1) is 12.3. The number of hydrogen-bond donors (Lipinski definition) is 2. The van der Waals surface area contributed by atoms with Crippen molar-refractivity contribution in [2.75, 3.05) is 13.2 Å². The Morgan fingerprint density at radius 3 is 2.78 bits per heavy atom. The van der Waals surface area contributed by atoms with Gasteiger partial charge in [0.25, 0.3) is 5.91 Å². The minimum Gasteiger partial charge on any atom is -0.484 e. The molecule has 5 nitrogen and oxygen atoms in total. The van der Waals surface area contributed by atoms with E-state index in [1.54, 1.807) is 0 Å². The summed E-state index contributed by atoms with van der Waals surface area (Å²) >= 11 is 0. The molecular formula is C12H13FN2O3. The van der Waals surface area contributed by atoms with Gasteiger partial charge in [0.15, 0.2) is 6.61 Å². The summed E-state index contributed by atoms with van der Waals surface area (Å²) < 4.78 is 17.8. The van der Waals surface area contributed by atoms with Gasteiger partial charge in [-0.2, -0.15) is 0 Å². The predicted molar refractivity (Wildman–Crippen MR) is 61.5 cm³/mol. The van der Waals surface area contributed by atoms with Crippen molar-refractivity contribution in [3.63, 3.8) is 0 Å². The zero-order valence-corrected chi connectivity index (χ0v) is 9.61. The van der Waals surface area contributed by atoms with Crippen LogP contribution >= 0.6 is 0 Å². The summed E-state index contributed by atoms with van der Waals surface area (Å²) in [7, 11) is 0. The van der Waals surface area contributed by atoms with Crippen LogP contribution in [0.25, 0.3) is 0 Å². The standard InChI is InChI=1S/C12H13FN2O3/c13-8-1-3-10(4-2-8)18-7-12(17)15-9-5-11(16)14-6-9/h1-4,9H,5-7H2,(H,14,16)(H,15,17). The van der Waals surface area contributed by atoms with Gasteiger partial charge in [0.05, 0.1) is 6.04 Å². The Kier molecular flexibility index (Phi) is 3.76. The average Bonchev–Trinajstić information content (AvgIpc) is 2.74. The minimum atomic E-state index is -0.359. The van der Waals surface area contributed by atoms with E-state index in [0.717, 1.165) is 0 Å². The Morgan fingerprint density at radius 1 is 1.44 bits per heavy atom. The van der Waals surface area contributed by atoms with Crippen LogP contribution in [0.4, 0.5) is 4.39 Å². The second-order valence-corrected chi connectivity index (χ2v) is 4.02. The minimum absolute atomic E-state index is 0.0697. The van der Waals surface area contributed by atoms with E-state index >= 15 is 0 Å². The quantitative estimate of drug-likeness (QED) is 0.805. The lowest BCUT2D eigenvalue weighted by Crippen LogP contribution is -2.39. The summed E-state index contributed by atoms with van der Waals surface area (Å²) in [4.78, 5) is 22.4. The van der Waals surface area contributed by atoms with Gasteiger partial charge < -0.3 is 15.4 Å². The molecule has 0 aliphatic carbocycles. The Hall–Kier alpha value is -2.11. The first-order valence-corrected chi connectivity index (χ1v) is 5.58. The van der Waals surface area contributed by atoms with Crippen LogP contribution in [0.3, 0.4) is 0 Å². The van der Waals surface area contributed by atoms with Crippen LogP contribution in [0.1, 0.15) is 6.42 Å². The molecule has 1 aromatic rings. The summed E-state index contributed by atoms with van der Waals surface area (Å²) in [6, 6.07) is 5.23. The molecule has 0 radical (unpaired) electrons. The Bertz CT molecular complexity index is 447. The van der Waals surface area contributed by atoms with Crippen LogP contribution < -0.4 is 15.4 Å². The fourth-order valence-electron chi connectivity index (χ4n) is 1.66. The van der Waals surface area contributed by atoms with Crippen molar-refractivity contribution in [2.45, 2.75) is 12.5 Å². The first-order valence-electron chi connectivity index (χ1n) is 5.58. The maximum atomic E-state index is 12.6. The molecule has 2 rings (SSSR count). The summed E-state index contributed by atoms with van der Waals surface area (Å²) in [5.41, 5.74) is 0. The van der Waals surface area contributed by atoms with E-state index in [1.807, 2.05) is 0 Å². The number of benzene rings is 1. The van der Waals surface area contributed by atoms with Crippen LogP contribution in [0.2, 0.25) is 0 Å². The van der Waals surface area contributed by atoms with Gasteiger partial charge in [-0.25, -0.2) is 4.39 Å². The molecule has 2 amide bonds. The van der Waals surface area contributed by atoms with Gasteiger partial charge in [-0.1, -0.05) is 0 Å². The molecule has 1 unspecified atom stereocenters. The van der Waals surface area contributed by atoms with E-state index in [0.29, 0.717) is 18.7 Å². The third-order valence-electron chi connectivity index (χ3n) is 2.53. The highest BCUT2D eigenvalue weighted by atomic mass is 19.1. The van der Waals surface area contributed by atoms with Crippen molar-refractivity contribution in [1.29, 1.82) is 0 Å². The number of ether oxygens (including phenoxy) is 1. The van der Waals surface area contributed by atoms with E-state index in [9.17, 15) is 14.0 Å². The van der Waals surface area contributed by atoms with E-state index in [2.05, 4.69) is 10.6 Å². The fraction of sp³-hybridized carbons (Fsp3) is 0.333. The third-order valence-corrected chi connectivity index (χ3v) is 2.53. The molecular weight excluding hydrogens is 239 g/mol. The molecule has 18 heavy (non-hydrogen) atoms. The molecule has 1 heterocycles. The summed E-state index contributed by atoms with van der Waals surface area (Å²) in [5, 5.41) is 5.29. The van der Waals surface area contributed by atoms with Crippen molar-refractivity contribution in [3.8, 4) is 5.75 Å². The maximum absolute atomic E-state index is 12.6. The lowest BCUT2D eigenvalue weighted by atomic mass is 10.2. The van der Waals surface area contributed by atoms with Gasteiger partial charge in [0, 0.05) is 13.0 Å². The topological polar surface area (TPSA) is 67.4 Å². The normalized spacial score (nSPS) is 18.3. The Morgan fingerprint density at radius 2 is 2.17 bits per heavy atom. The predicted octanol–water partition coefficient (Wildman–Crippen LogP) is 0.209. The highest BCUT2D eigenvalue weighted by molar-refractivity contribution is 5.82. The first-order chi connectivity index (χ1) is 8.63. The SMILES string of the molecule is O=C1CC(NC(=O)COc2ccc(F)cc2)CN1. The monoisotopic (exact) mass is 252 g/mol. The number of carbonyl (C=O) groups is 2. The highest BCUT2D eigenvalue weighted by Crippen LogP contribution is 2.10.